The number of nitro benzene ring substituents is 1. The van der Waals surface area contributed by atoms with E-state index in [1.54, 1.807) is 30.7 Å². The zero-order chi connectivity index (χ0) is 20.2. The molecule has 0 bridgehead atoms. The van der Waals surface area contributed by atoms with Gasteiger partial charge in [-0.3, -0.25) is 14.9 Å². The Morgan fingerprint density at radius 3 is 2.48 bits per heavy atom. The highest BCUT2D eigenvalue weighted by molar-refractivity contribution is 5.92. The minimum atomic E-state index is -0.360. The molecule has 4 rings (SSSR count). The number of piperidine rings is 1. The molecule has 0 spiro atoms. The maximum Gasteiger partial charge on any atom is 0.292 e. The van der Waals surface area contributed by atoms with Crippen molar-refractivity contribution in [3.63, 3.8) is 0 Å². The van der Waals surface area contributed by atoms with Crippen LogP contribution in [0.2, 0.25) is 0 Å². The van der Waals surface area contributed by atoms with Gasteiger partial charge in [0.25, 0.3) is 5.69 Å². The van der Waals surface area contributed by atoms with Crippen LogP contribution < -0.4 is 10.2 Å². The third-order valence-electron chi connectivity index (χ3n) is 5.22. The number of aromatic nitrogens is 2. The molecular weight excluding hydrogens is 370 g/mol. The second-order valence-corrected chi connectivity index (χ2v) is 7.01. The van der Waals surface area contributed by atoms with E-state index in [0.717, 1.165) is 11.4 Å². The first kappa shape index (κ1) is 18.7. The number of carbonyl (C=O) groups excluding carboxylic acids is 1. The third kappa shape index (κ3) is 4.11. The Kier molecular flexibility index (Phi) is 5.24. The number of nitrogens with zero attached hydrogens (tertiary/aromatic N) is 4. The van der Waals surface area contributed by atoms with E-state index >= 15 is 0 Å². The highest BCUT2D eigenvalue weighted by atomic mass is 16.6. The number of nitrogens with one attached hydrogen (secondary N) is 1. The largest absolute Gasteiger partial charge is 0.366 e. The van der Waals surface area contributed by atoms with Crippen molar-refractivity contribution in [1.82, 2.24) is 9.55 Å². The molecule has 1 amide bonds. The first-order valence-corrected chi connectivity index (χ1v) is 9.49. The molecule has 1 aromatic heterocycles. The number of hydrogen-bond acceptors (Lipinski definition) is 5. The Morgan fingerprint density at radius 2 is 1.83 bits per heavy atom. The number of hydrogen-bond donors (Lipinski definition) is 1. The van der Waals surface area contributed by atoms with Crippen molar-refractivity contribution in [3.8, 4) is 5.69 Å². The van der Waals surface area contributed by atoms with E-state index in [4.69, 9.17) is 0 Å². The summed E-state index contributed by atoms with van der Waals surface area (Å²) < 4.78 is 1.89. The number of para-hydroxylation sites is 2. The van der Waals surface area contributed by atoms with E-state index in [9.17, 15) is 14.9 Å². The number of rotatable bonds is 5. The number of nitro groups is 1. The van der Waals surface area contributed by atoms with Gasteiger partial charge in [0.05, 0.1) is 11.3 Å². The van der Waals surface area contributed by atoms with Gasteiger partial charge in [-0.2, -0.15) is 0 Å². The second kappa shape index (κ2) is 8.14. The number of anilines is 2. The summed E-state index contributed by atoms with van der Waals surface area (Å²) in [7, 11) is 0. The first-order chi connectivity index (χ1) is 14.1. The minimum Gasteiger partial charge on any atom is -0.366 e. The first-order valence-electron chi connectivity index (χ1n) is 9.49. The van der Waals surface area contributed by atoms with Crippen LogP contribution in [0.5, 0.6) is 0 Å². The van der Waals surface area contributed by atoms with E-state index in [-0.39, 0.29) is 22.4 Å². The molecule has 8 heteroatoms. The molecule has 2 aromatic carbocycles. The SMILES string of the molecule is O=C(Nc1ccc(-n2ccnc2)cc1)C1CCN(c2ccccc2[N+](=O)[O-])CC1. The van der Waals surface area contributed by atoms with Gasteiger partial charge in [0, 0.05) is 48.8 Å². The van der Waals surface area contributed by atoms with Crippen LogP contribution >= 0.6 is 0 Å². The van der Waals surface area contributed by atoms with Gasteiger partial charge < -0.3 is 14.8 Å². The Labute approximate surface area is 167 Å². The van der Waals surface area contributed by atoms with Gasteiger partial charge in [0.2, 0.25) is 5.91 Å². The number of amides is 1. The second-order valence-electron chi connectivity index (χ2n) is 7.01. The molecule has 2 heterocycles. The fourth-order valence-electron chi connectivity index (χ4n) is 3.64. The van der Waals surface area contributed by atoms with Crippen molar-refractivity contribution in [3.05, 3.63) is 77.4 Å². The highest BCUT2D eigenvalue weighted by Crippen LogP contribution is 2.31. The van der Waals surface area contributed by atoms with Gasteiger partial charge in [-0.25, -0.2) is 4.98 Å². The average Bonchev–Trinajstić information content (AvgIpc) is 3.29. The van der Waals surface area contributed by atoms with Crippen LogP contribution in [0.4, 0.5) is 17.1 Å². The Bertz CT molecular complexity index is 993. The Balaban J connectivity index is 1.35. The molecule has 1 fully saturated rings. The van der Waals surface area contributed by atoms with Crippen LogP contribution in [-0.2, 0) is 4.79 Å². The predicted octanol–water partition coefficient (Wildman–Crippen LogP) is 3.64. The van der Waals surface area contributed by atoms with Gasteiger partial charge in [-0.05, 0) is 43.2 Å². The van der Waals surface area contributed by atoms with Crippen molar-refractivity contribution in [2.24, 2.45) is 5.92 Å². The summed E-state index contributed by atoms with van der Waals surface area (Å²) in [5.41, 5.74) is 2.44. The van der Waals surface area contributed by atoms with E-state index < -0.39 is 0 Å². The number of carbonyl (C=O) groups is 1. The van der Waals surface area contributed by atoms with E-state index in [2.05, 4.69) is 10.3 Å². The zero-order valence-corrected chi connectivity index (χ0v) is 15.8. The summed E-state index contributed by atoms with van der Waals surface area (Å²) in [5, 5.41) is 14.2. The highest BCUT2D eigenvalue weighted by Gasteiger charge is 2.28. The molecule has 8 nitrogen and oxygen atoms in total. The molecule has 0 atom stereocenters. The summed E-state index contributed by atoms with van der Waals surface area (Å²) in [6, 6.07) is 14.3. The smallest absolute Gasteiger partial charge is 0.292 e. The lowest BCUT2D eigenvalue weighted by Crippen LogP contribution is -2.38. The monoisotopic (exact) mass is 391 g/mol. The number of benzene rings is 2. The maximum atomic E-state index is 12.6. The Hall–Kier alpha value is -3.68. The molecule has 3 aromatic rings. The molecule has 29 heavy (non-hydrogen) atoms. The molecule has 1 aliphatic rings. The topological polar surface area (TPSA) is 93.3 Å². The summed E-state index contributed by atoms with van der Waals surface area (Å²) in [4.78, 5) is 29.5. The normalized spacial score (nSPS) is 14.6. The molecule has 0 unspecified atom stereocenters. The van der Waals surface area contributed by atoms with Gasteiger partial charge in [-0.15, -0.1) is 0 Å². The van der Waals surface area contributed by atoms with Crippen LogP contribution in [0.15, 0.2) is 67.3 Å². The van der Waals surface area contributed by atoms with E-state index in [0.29, 0.717) is 31.6 Å². The molecule has 0 aliphatic carbocycles. The molecule has 1 aliphatic heterocycles. The predicted molar refractivity (Wildman–Crippen MR) is 110 cm³/mol. The van der Waals surface area contributed by atoms with Crippen LogP contribution in [-0.4, -0.2) is 33.5 Å². The fourth-order valence-corrected chi connectivity index (χ4v) is 3.64. The van der Waals surface area contributed by atoms with Crippen LogP contribution in [0.3, 0.4) is 0 Å². The van der Waals surface area contributed by atoms with Crippen molar-refractivity contribution in [2.75, 3.05) is 23.3 Å². The minimum absolute atomic E-state index is 0.0115. The molecule has 1 saturated heterocycles. The molecule has 0 radical (unpaired) electrons. The van der Waals surface area contributed by atoms with Crippen LogP contribution in [0.1, 0.15) is 12.8 Å². The molecule has 0 saturated carbocycles. The van der Waals surface area contributed by atoms with Crippen LogP contribution in [0.25, 0.3) is 5.69 Å². The number of imidazole rings is 1. The molecular formula is C21H21N5O3. The van der Waals surface area contributed by atoms with E-state index in [1.807, 2.05) is 39.9 Å². The summed E-state index contributed by atoms with van der Waals surface area (Å²) in [6.07, 6.45) is 6.61. The maximum absolute atomic E-state index is 12.6. The third-order valence-corrected chi connectivity index (χ3v) is 5.22. The van der Waals surface area contributed by atoms with Gasteiger partial charge >= 0.3 is 0 Å². The Morgan fingerprint density at radius 1 is 1.10 bits per heavy atom. The summed E-state index contributed by atoms with van der Waals surface area (Å²) in [5.74, 6) is -0.120. The lowest BCUT2D eigenvalue weighted by molar-refractivity contribution is -0.384. The van der Waals surface area contributed by atoms with Gasteiger partial charge in [0.15, 0.2) is 0 Å². The quantitative estimate of drug-likeness (QED) is 0.529. The zero-order valence-electron chi connectivity index (χ0n) is 15.8. The van der Waals surface area contributed by atoms with Crippen LogP contribution in [0, 0.1) is 16.0 Å². The molecule has 148 valence electrons. The van der Waals surface area contributed by atoms with Gasteiger partial charge in [0.1, 0.15) is 5.69 Å². The molecule has 1 N–H and O–H groups in total. The van der Waals surface area contributed by atoms with Crippen molar-refractivity contribution >= 4 is 23.0 Å². The fraction of sp³-hybridized carbons (Fsp3) is 0.238. The standard InChI is InChI=1S/C21H21N5O3/c27-21(23-17-5-7-18(8-6-17)25-14-11-22-15-25)16-9-12-24(13-10-16)19-3-1-2-4-20(19)26(28)29/h1-8,11,14-16H,9-10,12-13H2,(H,23,27). The van der Waals surface area contributed by atoms with Gasteiger partial charge in [-0.1, -0.05) is 12.1 Å². The van der Waals surface area contributed by atoms with Crippen molar-refractivity contribution in [1.29, 1.82) is 0 Å². The van der Waals surface area contributed by atoms with Crippen molar-refractivity contribution < 1.29 is 9.72 Å². The lowest BCUT2D eigenvalue weighted by Gasteiger charge is -2.32. The summed E-state index contributed by atoms with van der Waals surface area (Å²) in [6.45, 7) is 1.23. The average molecular weight is 391 g/mol. The lowest BCUT2D eigenvalue weighted by atomic mass is 9.95. The van der Waals surface area contributed by atoms with E-state index in [1.165, 1.54) is 6.07 Å². The van der Waals surface area contributed by atoms with Crippen molar-refractivity contribution in [2.45, 2.75) is 12.8 Å². The summed E-state index contributed by atoms with van der Waals surface area (Å²) >= 11 is 0.